The van der Waals surface area contributed by atoms with Gasteiger partial charge in [-0.2, -0.15) is 0 Å². The second kappa shape index (κ2) is 20.1. The first-order valence-electron chi connectivity index (χ1n) is 21.3. The third-order valence-electron chi connectivity index (χ3n) is 11.1. The lowest BCUT2D eigenvalue weighted by Gasteiger charge is -2.37. The van der Waals surface area contributed by atoms with Gasteiger partial charge in [0.25, 0.3) is 5.91 Å². The third kappa shape index (κ3) is 11.2. The first-order valence-corrected chi connectivity index (χ1v) is 22.1. The molecule has 0 aliphatic carbocycles. The van der Waals surface area contributed by atoms with Crippen LogP contribution < -0.4 is 10.6 Å². The molecule has 2 atom stereocenters. The average molecular weight is 848 g/mol. The molecule has 6 aromatic rings. The summed E-state index contributed by atoms with van der Waals surface area (Å²) in [6.07, 6.45) is 1.68. The summed E-state index contributed by atoms with van der Waals surface area (Å²) < 4.78 is 19.1. The van der Waals surface area contributed by atoms with Crippen LogP contribution in [-0.2, 0) is 33.5 Å². The van der Waals surface area contributed by atoms with Crippen LogP contribution in [0.3, 0.4) is 0 Å². The van der Waals surface area contributed by atoms with Crippen molar-refractivity contribution in [1.82, 2.24) is 10.2 Å². The molecule has 0 aromatic heterocycles. The number of rotatable bonds is 16. The quantitative estimate of drug-likeness (QED) is 0.0944. The summed E-state index contributed by atoms with van der Waals surface area (Å²) in [6.45, 7) is 6.43. The summed E-state index contributed by atoms with van der Waals surface area (Å²) in [5.74, 6) is -0.751. The monoisotopic (exact) mass is 847 g/mol. The van der Waals surface area contributed by atoms with E-state index in [4.69, 9.17) is 4.74 Å². The lowest BCUT2D eigenvalue weighted by atomic mass is 9.84. The molecule has 1 aliphatic rings. The molecule has 1 fully saturated rings. The Morgan fingerprint density at radius 3 is 1.84 bits per heavy atom. The summed E-state index contributed by atoms with van der Waals surface area (Å²) >= 11 is 1.87. The Morgan fingerprint density at radius 1 is 0.710 bits per heavy atom. The highest BCUT2D eigenvalue weighted by atomic mass is 32.2. The zero-order valence-electron chi connectivity index (χ0n) is 35.6. The molecule has 0 unspecified atom stereocenters. The van der Waals surface area contributed by atoms with E-state index >= 15 is 0 Å². The van der Waals surface area contributed by atoms with E-state index in [1.165, 1.54) is 12.1 Å². The second-order valence-electron chi connectivity index (χ2n) is 16.8. The van der Waals surface area contributed by atoms with Crippen LogP contribution in [0.25, 0.3) is 0 Å². The van der Waals surface area contributed by atoms with E-state index in [0.717, 1.165) is 33.4 Å². The van der Waals surface area contributed by atoms with Crippen LogP contribution in [0.2, 0.25) is 0 Å². The van der Waals surface area contributed by atoms with Crippen molar-refractivity contribution in [3.05, 3.63) is 209 Å². The minimum absolute atomic E-state index is 0.0264. The molecule has 0 bridgehead atoms. The van der Waals surface area contributed by atoms with Crippen LogP contribution >= 0.6 is 11.8 Å². The van der Waals surface area contributed by atoms with E-state index in [0.29, 0.717) is 43.6 Å². The van der Waals surface area contributed by atoms with E-state index in [1.807, 2.05) is 104 Å². The summed E-state index contributed by atoms with van der Waals surface area (Å²) in [5.41, 5.74) is 6.58. The van der Waals surface area contributed by atoms with Crippen molar-refractivity contribution < 1.29 is 23.5 Å². The van der Waals surface area contributed by atoms with E-state index in [2.05, 4.69) is 83.4 Å². The zero-order chi connectivity index (χ0) is 43.5. The number of hydrogen-bond acceptors (Lipinski definition) is 6. The Kier molecular flexibility index (Phi) is 14.2. The molecule has 6 aromatic carbocycles. The molecule has 1 saturated heterocycles. The third-order valence-corrected chi connectivity index (χ3v) is 12.8. The van der Waals surface area contributed by atoms with Crippen LogP contribution in [0, 0.1) is 5.82 Å². The molecule has 1 heterocycles. The van der Waals surface area contributed by atoms with E-state index in [9.17, 15) is 18.8 Å². The molecule has 0 radical (unpaired) electrons. The van der Waals surface area contributed by atoms with Gasteiger partial charge in [-0.05, 0) is 97.7 Å². The predicted molar refractivity (Wildman–Crippen MR) is 248 cm³/mol. The SMILES string of the molecule is CC(C)(C)OC(=O)N1C[C@@H](SC(c2ccccc2)(c2ccccc2)c2ccccc2)C[C@H]1CNc1ccc(CCc2ccc(F)cc2)c(C(=O)NCC(=O)Cc2ccccc2)c1. The largest absolute Gasteiger partial charge is 0.444 e. The molecule has 9 heteroatoms. The summed E-state index contributed by atoms with van der Waals surface area (Å²) in [4.78, 5) is 42.7. The maximum absolute atomic E-state index is 14.0. The highest BCUT2D eigenvalue weighted by Gasteiger charge is 2.45. The fraction of sp³-hybridized carbons (Fsp3) is 0.264. The topological polar surface area (TPSA) is 87.7 Å². The molecule has 0 spiro atoms. The van der Waals surface area contributed by atoms with Crippen molar-refractivity contribution in [1.29, 1.82) is 0 Å². The Bertz CT molecular complexity index is 2310. The fourth-order valence-corrected chi connectivity index (χ4v) is 9.98. The van der Waals surface area contributed by atoms with Crippen molar-refractivity contribution in [3.8, 4) is 0 Å². The molecule has 0 saturated carbocycles. The molecule has 1 aliphatic heterocycles. The lowest BCUT2D eigenvalue weighted by Crippen LogP contribution is -2.42. The van der Waals surface area contributed by atoms with Gasteiger partial charge in [0, 0.05) is 36.0 Å². The van der Waals surface area contributed by atoms with Gasteiger partial charge in [-0.15, -0.1) is 11.8 Å². The van der Waals surface area contributed by atoms with E-state index < -0.39 is 10.3 Å². The van der Waals surface area contributed by atoms with Gasteiger partial charge in [-0.25, -0.2) is 9.18 Å². The number of benzene rings is 6. The Hall–Kier alpha value is -6.19. The fourth-order valence-electron chi connectivity index (χ4n) is 8.11. The van der Waals surface area contributed by atoms with Gasteiger partial charge in [0.15, 0.2) is 5.78 Å². The summed E-state index contributed by atoms with van der Waals surface area (Å²) in [5, 5.41) is 6.45. The molecular weight excluding hydrogens is 794 g/mol. The van der Waals surface area contributed by atoms with Gasteiger partial charge in [0.2, 0.25) is 0 Å². The number of halogens is 1. The maximum atomic E-state index is 14.0. The average Bonchev–Trinajstić information content (AvgIpc) is 3.70. The van der Waals surface area contributed by atoms with Crippen molar-refractivity contribution in [2.45, 2.75) is 68.1 Å². The van der Waals surface area contributed by atoms with E-state index in [1.54, 1.807) is 12.1 Å². The lowest BCUT2D eigenvalue weighted by molar-refractivity contribution is -0.117. The highest BCUT2D eigenvalue weighted by Crippen LogP contribution is 2.52. The number of nitrogens with zero attached hydrogens (tertiary/aromatic N) is 1. The molecular formula is C53H54FN3O4S. The molecule has 2 amide bonds. The van der Waals surface area contributed by atoms with Gasteiger partial charge < -0.3 is 20.3 Å². The summed E-state index contributed by atoms with van der Waals surface area (Å²) in [6, 6.07) is 53.0. The summed E-state index contributed by atoms with van der Waals surface area (Å²) in [7, 11) is 0. The number of hydrogen-bond donors (Lipinski definition) is 2. The Balaban J connectivity index is 1.15. The minimum Gasteiger partial charge on any atom is -0.444 e. The molecule has 2 N–H and O–H groups in total. The Labute approximate surface area is 369 Å². The van der Waals surface area contributed by atoms with Crippen LogP contribution in [-0.4, -0.2) is 59.2 Å². The number of thioether (sulfide) groups is 1. The maximum Gasteiger partial charge on any atom is 0.410 e. The normalized spacial score (nSPS) is 15.2. The number of aryl methyl sites for hydroxylation is 2. The van der Waals surface area contributed by atoms with Crippen molar-refractivity contribution in [3.63, 3.8) is 0 Å². The van der Waals surface area contributed by atoms with Gasteiger partial charge in [0.1, 0.15) is 11.4 Å². The van der Waals surface area contributed by atoms with E-state index in [-0.39, 0.29) is 47.9 Å². The first kappa shape index (κ1) is 43.9. The number of nitrogens with one attached hydrogen (secondary N) is 2. The van der Waals surface area contributed by atoms with Gasteiger partial charge in [-0.1, -0.05) is 140 Å². The molecule has 62 heavy (non-hydrogen) atoms. The van der Waals surface area contributed by atoms with Crippen molar-refractivity contribution in [2.24, 2.45) is 0 Å². The molecule has 318 valence electrons. The van der Waals surface area contributed by atoms with Crippen LogP contribution in [0.15, 0.2) is 164 Å². The van der Waals surface area contributed by atoms with Crippen LogP contribution in [0.1, 0.15) is 70.9 Å². The minimum atomic E-state index is -0.684. The number of likely N-dealkylation sites (tertiary alicyclic amines) is 1. The molecule has 7 rings (SSSR count). The molecule has 7 nitrogen and oxygen atoms in total. The highest BCUT2D eigenvalue weighted by molar-refractivity contribution is 8.01. The number of amides is 2. The van der Waals surface area contributed by atoms with Crippen molar-refractivity contribution in [2.75, 3.05) is 25.0 Å². The van der Waals surface area contributed by atoms with Gasteiger partial charge in [0.05, 0.1) is 17.3 Å². The van der Waals surface area contributed by atoms with Gasteiger partial charge >= 0.3 is 6.09 Å². The predicted octanol–water partition coefficient (Wildman–Crippen LogP) is 10.7. The first-order chi connectivity index (χ1) is 30.0. The number of anilines is 1. The smallest absolute Gasteiger partial charge is 0.410 e. The number of carbonyl (C=O) groups is 3. The van der Waals surface area contributed by atoms with Gasteiger partial charge in [-0.3, -0.25) is 9.59 Å². The van der Waals surface area contributed by atoms with Crippen LogP contribution in [0.4, 0.5) is 14.9 Å². The van der Waals surface area contributed by atoms with Crippen molar-refractivity contribution >= 4 is 35.2 Å². The number of ether oxygens (including phenoxy) is 1. The second-order valence-corrected chi connectivity index (χ2v) is 18.3. The Morgan fingerprint density at radius 2 is 1.27 bits per heavy atom. The zero-order valence-corrected chi connectivity index (χ0v) is 36.4. The standard InChI is InChI=1S/C53H54FN3O4S/c1-52(2,3)61-51(60)57-37-48(62-53(41-18-10-5-11-19-41,42-20-12-6-13-21-42)43-22-14-7-15-23-43)34-46(57)35-55-45-31-28-40(27-24-38-25-29-44(54)30-26-38)49(33-45)50(59)56-36-47(58)32-39-16-8-4-9-17-39/h4-23,25-26,28-31,33,46,48,55H,24,27,32,34-37H2,1-3H3,(H,56,59)/t46-,48-/m0/s1. The number of Topliss-reactive ketones (excluding diaryl/α,β-unsaturated/α-hetero) is 1. The number of ketones is 1. The number of carbonyl (C=O) groups excluding carboxylic acids is 3. The van der Waals surface area contributed by atoms with Crippen LogP contribution in [0.5, 0.6) is 0 Å².